The molecule has 1 aromatic carbocycles. The Bertz CT molecular complexity index is 693. The quantitative estimate of drug-likeness (QED) is 0.700. The summed E-state index contributed by atoms with van der Waals surface area (Å²) < 4.78 is 11.5. The third-order valence-electron chi connectivity index (χ3n) is 2.31. The Morgan fingerprint density at radius 2 is 1.72 bits per heavy atom. The van der Waals surface area contributed by atoms with Crippen molar-refractivity contribution in [3.8, 4) is 23.1 Å². The highest BCUT2D eigenvalue weighted by Gasteiger charge is 2.14. The monoisotopic (exact) mass is 324 g/mol. The minimum atomic E-state index is 0.315. The number of hydrogen-bond donors (Lipinski definition) is 0. The average molecular weight is 326 g/mol. The van der Waals surface area contributed by atoms with Gasteiger partial charge in [0, 0.05) is 0 Å². The molecule has 0 aliphatic rings. The minimum absolute atomic E-state index is 0.315. The van der Waals surface area contributed by atoms with Gasteiger partial charge in [0.1, 0.15) is 0 Å². The zero-order valence-corrected chi connectivity index (χ0v) is 11.3. The van der Waals surface area contributed by atoms with Gasteiger partial charge in [-0.1, -0.05) is 23.7 Å². The van der Waals surface area contributed by atoms with E-state index in [1.165, 1.54) is 0 Å². The molecule has 4 nitrogen and oxygen atoms in total. The Hall–Kier alpha value is -1.59. The van der Waals surface area contributed by atoms with Gasteiger partial charge in [-0.25, -0.2) is 0 Å². The van der Waals surface area contributed by atoms with Gasteiger partial charge >= 0.3 is 0 Å². The molecular weight excluding hydrogens is 320 g/mol. The van der Waals surface area contributed by atoms with E-state index in [-0.39, 0.29) is 0 Å². The molecule has 0 saturated carbocycles. The molecule has 0 atom stereocenters. The lowest BCUT2D eigenvalue weighted by Gasteiger charge is -1.96. The Kier molecular flexibility index (Phi) is 2.93. The standard InChI is InChI=1S/C12H6BrClN2O2/c13-10-6-5-9(17-10)12-16-15-11(18-12)7-3-1-2-4-8(7)14/h1-6H. The summed E-state index contributed by atoms with van der Waals surface area (Å²) in [6, 6.07) is 10.8. The summed E-state index contributed by atoms with van der Waals surface area (Å²) in [5, 5.41) is 8.45. The molecule has 0 N–H and O–H groups in total. The summed E-state index contributed by atoms with van der Waals surface area (Å²) in [5.41, 5.74) is 0.698. The lowest BCUT2D eigenvalue weighted by Crippen LogP contribution is -1.78. The zero-order chi connectivity index (χ0) is 12.5. The van der Waals surface area contributed by atoms with Crippen molar-refractivity contribution in [2.45, 2.75) is 0 Å². The van der Waals surface area contributed by atoms with Crippen LogP contribution in [0, 0.1) is 0 Å². The maximum Gasteiger partial charge on any atom is 0.283 e. The molecule has 0 aliphatic heterocycles. The van der Waals surface area contributed by atoms with Crippen molar-refractivity contribution >= 4 is 27.5 Å². The lowest BCUT2D eigenvalue weighted by molar-refractivity contribution is 0.509. The van der Waals surface area contributed by atoms with E-state index in [9.17, 15) is 0 Å². The predicted molar refractivity (Wildman–Crippen MR) is 70.1 cm³/mol. The summed E-state index contributed by atoms with van der Waals surface area (Å²) in [4.78, 5) is 0. The second-order valence-corrected chi connectivity index (χ2v) is 4.68. The van der Waals surface area contributed by atoms with Gasteiger partial charge in [-0.05, 0) is 40.2 Å². The second kappa shape index (κ2) is 4.59. The fourth-order valence-corrected chi connectivity index (χ4v) is 2.02. The molecule has 2 aromatic heterocycles. The van der Waals surface area contributed by atoms with E-state index in [0.717, 1.165) is 0 Å². The first-order valence-electron chi connectivity index (χ1n) is 5.08. The molecule has 0 radical (unpaired) electrons. The normalized spacial score (nSPS) is 10.8. The molecule has 0 spiro atoms. The molecule has 90 valence electrons. The van der Waals surface area contributed by atoms with Gasteiger partial charge in [-0.2, -0.15) is 0 Å². The Balaban J connectivity index is 2.02. The van der Waals surface area contributed by atoms with Crippen molar-refractivity contribution in [3.05, 3.63) is 46.1 Å². The lowest BCUT2D eigenvalue weighted by atomic mass is 10.2. The number of nitrogens with zero attached hydrogens (tertiary/aromatic N) is 2. The van der Waals surface area contributed by atoms with Crippen LogP contribution in [0.2, 0.25) is 5.02 Å². The third-order valence-corrected chi connectivity index (χ3v) is 3.07. The fraction of sp³-hybridized carbons (Fsp3) is 0. The van der Waals surface area contributed by atoms with Crippen LogP contribution >= 0.6 is 27.5 Å². The molecule has 0 saturated heterocycles. The third kappa shape index (κ3) is 2.07. The molecule has 6 heteroatoms. The first-order valence-corrected chi connectivity index (χ1v) is 6.25. The van der Waals surface area contributed by atoms with Crippen molar-refractivity contribution in [3.63, 3.8) is 0 Å². The SMILES string of the molecule is Clc1ccccc1-c1nnc(-c2ccc(Br)o2)o1. The molecular formula is C12H6BrClN2O2. The average Bonchev–Trinajstić information content (AvgIpc) is 2.98. The molecule has 0 unspecified atom stereocenters. The molecule has 3 aromatic rings. The van der Waals surface area contributed by atoms with Crippen LogP contribution in [0.3, 0.4) is 0 Å². The maximum absolute atomic E-state index is 6.06. The van der Waals surface area contributed by atoms with Crippen molar-refractivity contribution in [1.29, 1.82) is 0 Å². The Labute approximate surface area is 116 Å². The number of aromatic nitrogens is 2. The smallest absolute Gasteiger partial charge is 0.283 e. The Morgan fingerprint density at radius 1 is 0.944 bits per heavy atom. The van der Waals surface area contributed by atoms with E-state index in [1.807, 2.05) is 18.2 Å². The highest BCUT2D eigenvalue weighted by molar-refractivity contribution is 9.10. The van der Waals surface area contributed by atoms with Crippen LogP contribution in [0.1, 0.15) is 0 Å². The molecule has 18 heavy (non-hydrogen) atoms. The largest absolute Gasteiger partial charge is 0.444 e. The van der Waals surface area contributed by atoms with Crippen molar-refractivity contribution in [2.75, 3.05) is 0 Å². The van der Waals surface area contributed by atoms with E-state index < -0.39 is 0 Å². The molecule has 0 amide bonds. The van der Waals surface area contributed by atoms with E-state index in [1.54, 1.807) is 18.2 Å². The van der Waals surface area contributed by atoms with Crippen molar-refractivity contribution < 1.29 is 8.83 Å². The number of furan rings is 1. The number of rotatable bonds is 2. The van der Waals surface area contributed by atoms with Gasteiger partial charge < -0.3 is 8.83 Å². The van der Waals surface area contributed by atoms with Crippen LogP contribution in [0.15, 0.2) is 49.9 Å². The topological polar surface area (TPSA) is 52.1 Å². The number of hydrogen-bond acceptors (Lipinski definition) is 4. The van der Waals surface area contributed by atoms with Crippen LogP contribution in [-0.2, 0) is 0 Å². The van der Waals surface area contributed by atoms with E-state index in [4.69, 9.17) is 20.4 Å². The predicted octanol–water partition coefficient (Wildman–Crippen LogP) is 4.41. The highest BCUT2D eigenvalue weighted by atomic mass is 79.9. The van der Waals surface area contributed by atoms with Gasteiger partial charge in [0.05, 0.1) is 10.6 Å². The molecule has 0 bridgehead atoms. The van der Waals surface area contributed by atoms with Crippen LogP contribution in [0.4, 0.5) is 0 Å². The zero-order valence-electron chi connectivity index (χ0n) is 8.93. The summed E-state index contributed by atoms with van der Waals surface area (Å²) in [6.45, 7) is 0. The number of halogens is 2. The van der Waals surface area contributed by atoms with Gasteiger partial charge in [-0.15, -0.1) is 10.2 Å². The minimum Gasteiger partial charge on any atom is -0.444 e. The first-order chi connectivity index (χ1) is 8.74. The summed E-state index contributed by atoms with van der Waals surface area (Å²) in [6.07, 6.45) is 0. The maximum atomic E-state index is 6.06. The van der Waals surface area contributed by atoms with E-state index >= 15 is 0 Å². The molecule has 0 aliphatic carbocycles. The van der Waals surface area contributed by atoms with Gasteiger partial charge in [0.2, 0.25) is 5.89 Å². The molecule has 3 rings (SSSR count). The van der Waals surface area contributed by atoms with Crippen LogP contribution < -0.4 is 0 Å². The van der Waals surface area contributed by atoms with Gasteiger partial charge in [0.25, 0.3) is 5.89 Å². The van der Waals surface area contributed by atoms with Crippen LogP contribution in [0.5, 0.6) is 0 Å². The van der Waals surface area contributed by atoms with Crippen LogP contribution in [0.25, 0.3) is 23.1 Å². The molecule has 0 fully saturated rings. The summed E-state index contributed by atoms with van der Waals surface area (Å²) >= 11 is 9.27. The fourth-order valence-electron chi connectivity index (χ4n) is 1.50. The van der Waals surface area contributed by atoms with Crippen molar-refractivity contribution in [1.82, 2.24) is 10.2 Å². The van der Waals surface area contributed by atoms with Gasteiger partial charge in [0.15, 0.2) is 10.4 Å². The van der Waals surface area contributed by atoms with Crippen LogP contribution in [-0.4, -0.2) is 10.2 Å². The number of benzene rings is 1. The van der Waals surface area contributed by atoms with E-state index in [0.29, 0.717) is 32.8 Å². The van der Waals surface area contributed by atoms with E-state index in [2.05, 4.69) is 26.1 Å². The highest BCUT2D eigenvalue weighted by Crippen LogP contribution is 2.30. The van der Waals surface area contributed by atoms with Crippen molar-refractivity contribution in [2.24, 2.45) is 0 Å². The van der Waals surface area contributed by atoms with Gasteiger partial charge in [-0.3, -0.25) is 0 Å². The second-order valence-electron chi connectivity index (χ2n) is 3.50. The summed E-state index contributed by atoms with van der Waals surface area (Å²) in [7, 11) is 0. The Morgan fingerprint density at radius 3 is 2.44 bits per heavy atom. The molecule has 2 heterocycles. The first kappa shape index (κ1) is 11.5. The summed E-state index contributed by atoms with van der Waals surface area (Å²) in [5.74, 6) is 1.19.